The molecular weight excluding hydrogens is 214 g/mol. The number of aliphatic hydroxyl groups is 1. The summed E-state index contributed by atoms with van der Waals surface area (Å²) in [6.07, 6.45) is 0.119. The van der Waals surface area contributed by atoms with Crippen molar-refractivity contribution in [2.24, 2.45) is 11.3 Å². The van der Waals surface area contributed by atoms with Gasteiger partial charge in [0.25, 0.3) is 0 Å². The summed E-state index contributed by atoms with van der Waals surface area (Å²) in [4.78, 5) is 0. The maximum absolute atomic E-state index is 11.6. The summed E-state index contributed by atoms with van der Waals surface area (Å²) in [7, 11) is -3.20. The van der Waals surface area contributed by atoms with E-state index in [0.717, 1.165) is 0 Å². The molecule has 0 radical (unpaired) electrons. The quantitative estimate of drug-likeness (QED) is 0.754. The predicted molar refractivity (Wildman–Crippen MR) is 60.0 cm³/mol. The number of hydrogen-bond acceptors (Lipinski definition) is 3. The van der Waals surface area contributed by atoms with Gasteiger partial charge in [-0.3, -0.25) is 0 Å². The molecule has 2 atom stereocenters. The molecule has 0 bridgehead atoms. The van der Waals surface area contributed by atoms with Gasteiger partial charge in [0.1, 0.15) is 0 Å². The van der Waals surface area contributed by atoms with Crippen LogP contribution in [-0.2, 0) is 10.0 Å². The molecule has 4 nitrogen and oxygen atoms in total. The number of sulfonamides is 1. The van der Waals surface area contributed by atoms with Crippen molar-refractivity contribution in [1.82, 2.24) is 4.72 Å². The van der Waals surface area contributed by atoms with Crippen LogP contribution in [0.3, 0.4) is 0 Å². The molecule has 0 aromatic carbocycles. The first-order valence-electron chi connectivity index (χ1n) is 5.33. The summed E-state index contributed by atoms with van der Waals surface area (Å²) in [5.41, 5.74) is -0.343. The average Bonchev–Trinajstić information content (AvgIpc) is 2.00. The van der Waals surface area contributed by atoms with Crippen LogP contribution >= 0.6 is 0 Å². The normalized spacial score (nSPS) is 30.3. The first kappa shape index (κ1) is 12.9. The highest BCUT2D eigenvalue weighted by Gasteiger charge is 2.48. The summed E-state index contributed by atoms with van der Waals surface area (Å²) in [6, 6.07) is -0.128. The van der Waals surface area contributed by atoms with Gasteiger partial charge >= 0.3 is 0 Å². The van der Waals surface area contributed by atoms with Gasteiger partial charge in [0.05, 0.1) is 11.9 Å². The van der Waals surface area contributed by atoms with Gasteiger partial charge in [-0.1, -0.05) is 27.7 Å². The van der Waals surface area contributed by atoms with Crippen LogP contribution < -0.4 is 4.72 Å². The van der Waals surface area contributed by atoms with Crippen molar-refractivity contribution in [2.75, 3.05) is 5.75 Å². The Labute approximate surface area is 92.1 Å². The molecule has 0 spiro atoms. The molecule has 0 amide bonds. The highest BCUT2D eigenvalue weighted by atomic mass is 32.2. The fourth-order valence-electron chi connectivity index (χ4n) is 1.81. The van der Waals surface area contributed by atoms with Crippen LogP contribution in [0.5, 0.6) is 0 Å². The van der Waals surface area contributed by atoms with E-state index in [9.17, 15) is 13.5 Å². The second kappa shape index (κ2) is 4.03. The van der Waals surface area contributed by atoms with Gasteiger partial charge in [-0.15, -0.1) is 0 Å². The van der Waals surface area contributed by atoms with Gasteiger partial charge in [0, 0.05) is 11.5 Å². The molecule has 1 fully saturated rings. The molecule has 0 aromatic rings. The zero-order valence-corrected chi connectivity index (χ0v) is 10.6. The lowest BCUT2D eigenvalue weighted by Crippen LogP contribution is -2.61. The van der Waals surface area contributed by atoms with E-state index in [1.807, 2.05) is 27.7 Å². The molecular formula is C10H21NO3S. The third-order valence-electron chi connectivity index (χ3n) is 3.09. The molecule has 90 valence electrons. The lowest BCUT2D eigenvalue weighted by molar-refractivity contribution is -0.0645. The highest BCUT2D eigenvalue weighted by Crippen LogP contribution is 2.40. The molecule has 2 N–H and O–H groups in total. The van der Waals surface area contributed by atoms with E-state index in [1.165, 1.54) is 0 Å². The largest absolute Gasteiger partial charge is 0.392 e. The number of aliphatic hydroxyl groups excluding tert-OH is 1. The SMILES string of the molecule is CC(C)CS(=O)(=O)NC1CC(O)C1(C)C. The Hall–Kier alpha value is -0.130. The average molecular weight is 235 g/mol. The third kappa shape index (κ3) is 2.92. The fourth-order valence-corrected chi connectivity index (χ4v) is 3.61. The Bertz CT molecular complexity index is 322. The van der Waals surface area contributed by atoms with Crippen molar-refractivity contribution in [3.63, 3.8) is 0 Å². The molecule has 0 heterocycles. The van der Waals surface area contributed by atoms with Crippen molar-refractivity contribution in [2.45, 2.75) is 46.3 Å². The highest BCUT2D eigenvalue weighted by molar-refractivity contribution is 7.89. The van der Waals surface area contributed by atoms with Crippen LogP contribution in [0.25, 0.3) is 0 Å². The molecule has 5 heteroatoms. The van der Waals surface area contributed by atoms with Gasteiger partial charge in [0.2, 0.25) is 10.0 Å². The van der Waals surface area contributed by atoms with E-state index in [-0.39, 0.29) is 23.1 Å². The fraction of sp³-hybridized carbons (Fsp3) is 1.00. The molecule has 1 saturated carbocycles. The third-order valence-corrected chi connectivity index (χ3v) is 4.84. The molecule has 1 aliphatic rings. The van der Waals surface area contributed by atoms with Crippen LogP contribution in [0, 0.1) is 11.3 Å². The van der Waals surface area contributed by atoms with Crippen molar-refractivity contribution < 1.29 is 13.5 Å². The summed E-state index contributed by atoms with van der Waals surface area (Å²) in [5.74, 6) is 0.269. The molecule has 1 rings (SSSR count). The van der Waals surface area contributed by atoms with Crippen molar-refractivity contribution >= 4 is 10.0 Å². The molecule has 1 aliphatic carbocycles. The minimum absolute atomic E-state index is 0.121. The Morgan fingerprint density at radius 3 is 2.33 bits per heavy atom. The van der Waals surface area contributed by atoms with Crippen molar-refractivity contribution in [3.05, 3.63) is 0 Å². The minimum atomic E-state index is -3.20. The molecule has 0 aliphatic heterocycles. The zero-order chi connectivity index (χ0) is 11.9. The van der Waals surface area contributed by atoms with Gasteiger partial charge in [-0.2, -0.15) is 0 Å². The van der Waals surface area contributed by atoms with E-state index in [4.69, 9.17) is 0 Å². The van der Waals surface area contributed by atoms with E-state index in [2.05, 4.69) is 4.72 Å². The van der Waals surface area contributed by atoms with Crippen LogP contribution in [0.4, 0.5) is 0 Å². The number of hydrogen-bond donors (Lipinski definition) is 2. The van der Waals surface area contributed by atoms with E-state index in [0.29, 0.717) is 6.42 Å². The monoisotopic (exact) mass is 235 g/mol. The summed E-state index contributed by atoms with van der Waals surface area (Å²) >= 11 is 0. The second-order valence-electron chi connectivity index (χ2n) is 5.42. The first-order chi connectivity index (χ1) is 6.65. The van der Waals surface area contributed by atoms with Gasteiger partial charge < -0.3 is 5.11 Å². The number of nitrogens with one attached hydrogen (secondary N) is 1. The lowest BCUT2D eigenvalue weighted by atomic mass is 9.65. The maximum Gasteiger partial charge on any atom is 0.212 e. The Morgan fingerprint density at radius 1 is 1.47 bits per heavy atom. The van der Waals surface area contributed by atoms with Gasteiger partial charge in [-0.05, 0) is 12.3 Å². The van der Waals surface area contributed by atoms with E-state index < -0.39 is 16.1 Å². The van der Waals surface area contributed by atoms with Crippen molar-refractivity contribution in [3.8, 4) is 0 Å². The summed E-state index contributed by atoms with van der Waals surface area (Å²) in [6.45, 7) is 7.51. The molecule has 2 unspecified atom stereocenters. The van der Waals surface area contributed by atoms with E-state index >= 15 is 0 Å². The summed E-state index contributed by atoms with van der Waals surface area (Å²) in [5, 5.41) is 9.49. The van der Waals surface area contributed by atoms with Crippen LogP contribution in [0.15, 0.2) is 0 Å². The second-order valence-corrected chi connectivity index (χ2v) is 7.22. The van der Waals surface area contributed by atoms with Crippen molar-refractivity contribution in [1.29, 1.82) is 0 Å². The lowest BCUT2D eigenvalue weighted by Gasteiger charge is -2.49. The smallest absolute Gasteiger partial charge is 0.212 e. The zero-order valence-electron chi connectivity index (χ0n) is 9.82. The molecule has 0 aromatic heterocycles. The van der Waals surface area contributed by atoms with Gasteiger partial charge in [0.15, 0.2) is 0 Å². The standard InChI is InChI=1S/C10H21NO3S/c1-7(2)6-15(13,14)11-8-5-9(12)10(8,3)4/h7-9,11-12H,5-6H2,1-4H3. The summed E-state index contributed by atoms with van der Waals surface area (Å²) < 4.78 is 25.9. The maximum atomic E-state index is 11.6. The Morgan fingerprint density at radius 2 is 2.00 bits per heavy atom. The van der Waals surface area contributed by atoms with Crippen LogP contribution in [0.2, 0.25) is 0 Å². The van der Waals surface area contributed by atoms with Crippen LogP contribution in [-0.4, -0.2) is 31.4 Å². The molecule has 15 heavy (non-hydrogen) atoms. The molecule has 0 saturated heterocycles. The Kier molecular flexibility index (Phi) is 3.48. The first-order valence-corrected chi connectivity index (χ1v) is 6.98. The minimum Gasteiger partial charge on any atom is -0.392 e. The topological polar surface area (TPSA) is 66.4 Å². The number of rotatable bonds is 4. The van der Waals surface area contributed by atoms with Gasteiger partial charge in [-0.25, -0.2) is 13.1 Å². The predicted octanol–water partition coefficient (Wildman–Crippen LogP) is 0.721. The Balaban J connectivity index is 2.57. The van der Waals surface area contributed by atoms with E-state index in [1.54, 1.807) is 0 Å². The van der Waals surface area contributed by atoms with Crippen LogP contribution in [0.1, 0.15) is 34.1 Å².